The van der Waals surface area contributed by atoms with Crippen LogP contribution in [0.15, 0.2) is 41.3 Å². The van der Waals surface area contributed by atoms with Gasteiger partial charge in [0.1, 0.15) is 18.1 Å². The molecule has 9 heteroatoms. The summed E-state index contributed by atoms with van der Waals surface area (Å²) in [5.41, 5.74) is 0.957. The second-order valence-corrected chi connectivity index (χ2v) is 6.33. The van der Waals surface area contributed by atoms with Crippen molar-refractivity contribution < 1.29 is 22.7 Å². The molecular weight excluding hydrogens is 361 g/mol. The number of amides is 1. The molecule has 0 aliphatic carbocycles. The molecule has 0 spiro atoms. The van der Waals surface area contributed by atoms with Crippen LogP contribution in [0, 0.1) is 0 Å². The van der Waals surface area contributed by atoms with E-state index in [1.165, 1.54) is 6.20 Å². The van der Waals surface area contributed by atoms with E-state index in [1.54, 1.807) is 25.3 Å². The van der Waals surface area contributed by atoms with Crippen LogP contribution in [-0.2, 0) is 22.7 Å². The zero-order valence-corrected chi connectivity index (χ0v) is 15.2. The number of nitrogens with one attached hydrogen (secondary N) is 3. The third-order valence-electron chi connectivity index (χ3n) is 3.74. The fourth-order valence-corrected chi connectivity index (χ4v) is 2.32. The highest BCUT2D eigenvalue weighted by molar-refractivity contribution is 5.78. The fourth-order valence-electron chi connectivity index (χ4n) is 2.32. The van der Waals surface area contributed by atoms with Gasteiger partial charge in [0.15, 0.2) is 0 Å². The Kier molecular flexibility index (Phi) is 6.98. The molecule has 2 rings (SSSR count). The smallest absolute Gasteiger partial charge is 0.367 e. The molecule has 0 radical (unpaired) electrons. The number of benzene rings is 1. The van der Waals surface area contributed by atoms with Crippen LogP contribution in [0.3, 0.4) is 0 Å². The van der Waals surface area contributed by atoms with Gasteiger partial charge in [0.05, 0.1) is 12.8 Å². The number of hydrogen-bond acceptors (Lipinski definition) is 5. The summed E-state index contributed by atoms with van der Waals surface area (Å²) in [5, 5.41) is 9.17. The van der Waals surface area contributed by atoms with Crippen LogP contribution < -0.4 is 16.0 Å². The number of alkyl halides is 3. The van der Waals surface area contributed by atoms with Crippen molar-refractivity contribution in [2.45, 2.75) is 45.3 Å². The van der Waals surface area contributed by atoms with Gasteiger partial charge >= 0.3 is 6.18 Å². The van der Waals surface area contributed by atoms with Crippen LogP contribution in [-0.4, -0.2) is 30.6 Å². The predicted octanol–water partition coefficient (Wildman–Crippen LogP) is 2.57. The van der Waals surface area contributed by atoms with Gasteiger partial charge in [-0.05, 0) is 18.1 Å². The molecule has 0 bridgehead atoms. The molecule has 3 N–H and O–H groups in total. The van der Waals surface area contributed by atoms with Crippen molar-refractivity contribution in [3.63, 3.8) is 0 Å². The third kappa shape index (κ3) is 7.40. The maximum atomic E-state index is 12.1. The number of aliphatic imine (C=N–C) groups is 1. The zero-order chi connectivity index (χ0) is 19.9. The Bertz CT molecular complexity index is 702. The average molecular weight is 384 g/mol. The molecule has 6 nitrogen and oxygen atoms in total. The molecule has 1 aliphatic heterocycles. The Hall–Kier alpha value is -2.39. The molecule has 1 atom stereocenters. The van der Waals surface area contributed by atoms with Gasteiger partial charge in [-0.3, -0.25) is 15.1 Å². The average Bonchev–Trinajstić information content (AvgIpc) is 2.60. The lowest BCUT2D eigenvalue weighted by Gasteiger charge is -2.32. The second kappa shape index (κ2) is 9.01. The first-order valence-electron chi connectivity index (χ1n) is 8.49. The summed E-state index contributed by atoms with van der Waals surface area (Å²) < 4.78 is 40.9. The van der Waals surface area contributed by atoms with Gasteiger partial charge in [-0.25, -0.2) is 0 Å². The number of halogens is 3. The van der Waals surface area contributed by atoms with Crippen molar-refractivity contribution in [1.29, 1.82) is 0 Å². The molecule has 1 unspecified atom stereocenters. The molecule has 0 saturated heterocycles. The molecule has 1 amide bonds. The van der Waals surface area contributed by atoms with Crippen molar-refractivity contribution in [3.8, 4) is 0 Å². The molecular formula is C18H23F3N4O2. The van der Waals surface area contributed by atoms with E-state index in [1.807, 2.05) is 19.1 Å². The van der Waals surface area contributed by atoms with E-state index in [0.29, 0.717) is 24.4 Å². The molecule has 27 heavy (non-hydrogen) atoms. The number of ether oxygens (including phenoxy) is 1. The van der Waals surface area contributed by atoms with Crippen LogP contribution in [0.25, 0.3) is 0 Å². The number of carbonyl (C=O) groups is 1. The van der Waals surface area contributed by atoms with E-state index in [2.05, 4.69) is 25.7 Å². The van der Waals surface area contributed by atoms with E-state index >= 15 is 0 Å². The van der Waals surface area contributed by atoms with Crippen LogP contribution >= 0.6 is 0 Å². The third-order valence-corrected chi connectivity index (χ3v) is 3.74. The van der Waals surface area contributed by atoms with E-state index in [0.717, 1.165) is 5.56 Å². The standard InChI is InChI=1S/C18H23F3N4O2/c1-3-16(26)24-15-9-22-11-17(2,25-15)23-8-13-4-6-14(7-5-13)10-27-12-18(19,20)21/h4-7,9,11,23,25H,3,8,10,12H2,1-2H3,(H,24,26). The highest BCUT2D eigenvalue weighted by Gasteiger charge is 2.27. The Morgan fingerprint density at radius 1 is 1.26 bits per heavy atom. The maximum absolute atomic E-state index is 12.1. The molecule has 0 aromatic heterocycles. The lowest BCUT2D eigenvalue weighted by Crippen LogP contribution is -2.58. The van der Waals surface area contributed by atoms with Gasteiger partial charge in [0.25, 0.3) is 0 Å². The summed E-state index contributed by atoms with van der Waals surface area (Å²) in [5.74, 6) is 0.396. The SMILES string of the molecule is CCC(=O)NC1=CN=CC(C)(NCc2ccc(COCC(F)(F)F)cc2)N1. The predicted molar refractivity (Wildman–Crippen MR) is 95.5 cm³/mol. The molecule has 1 aliphatic rings. The van der Waals surface area contributed by atoms with Crippen LogP contribution in [0.1, 0.15) is 31.4 Å². The van der Waals surface area contributed by atoms with Gasteiger partial charge in [0, 0.05) is 19.2 Å². The molecule has 1 heterocycles. The first kappa shape index (κ1) is 20.9. The summed E-state index contributed by atoms with van der Waals surface area (Å²) in [6.45, 7) is 2.78. The largest absolute Gasteiger partial charge is 0.411 e. The van der Waals surface area contributed by atoms with Crippen molar-refractivity contribution in [3.05, 3.63) is 47.4 Å². The van der Waals surface area contributed by atoms with Crippen molar-refractivity contribution in [2.75, 3.05) is 6.61 Å². The highest BCUT2D eigenvalue weighted by Crippen LogP contribution is 2.16. The van der Waals surface area contributed by atoms with Crippen molar-refractivity contribution in [1.82, 2.24) is 16.0 Å². The van der Waals surface area contributed by atoms with Crippen molar-refractivity contribution in [2.24, 2.45) is 4.99 Å². The first-order valence-corrected chi connectivity index (χ1v) is 8.49. The second-order valence-electron chi connectivity index (χ2n) is 6.33. The van der Waals surface area contributed by atoms with E-state index in [9.17, 15) is 18.0 Å². The molecule has 0 fully saturated rings. The topological polar surface area (TPSA) is 74.8 Å². The number of nitrogens with zero attached hydrogens (tertiary/aromatic N) is 1. The Labute approximate surface area is 155 Å². The van der Waals surface area contributed by atoms with E-state index in [4.69, 9.17) is 0 Å². The van der Waals surface area contributed by atoms with Gasteiger partial charge in [0.2, 0.25) is 5.91 Å². The summed E-state index contributed by atoms with van der Waals surface area (Å²) in [6, 6.07) is 7.09. The number of hydrogen-bond donors (Lipinski definition) is 3. The van der Waals surface area contributed by atoms with Crippen LogP contribution in [0.5, 0.6) is 0 Å². The summed E-state index contributed by atoms with van der Waals surface area (Å²) >= 11 is 0. The first-order chi connectivity index (χ1) is 12.7. The zero-order valence-electron chi connectivity index (χ0n) is 15.2. The minimum absolute atomic E-state index is 0.0928. The minimum atomic E-state index is -4.32. The Morgan fingerprint density at radius 3 is 2.56 bits per heavy atom. The van der Waals surface area contributed by atoms with Gasteiger partial charge < -0.3 is 15.4 Å². The lowest BCUT2D eigenvalue weighted by atomic mass is 10.1. The molecule has 148 valence electrons. The van der Waals surface area contributed by atoms with E-state index < -0.39 is 18.4 Å². The van der Waals surface area contributed by atoms with Crippen molar-refractivity contribution >= 4 is 12.1 Å². The lowest BCUT2D eigenvalue weighted by molar-refractivity contribution is -0.176. The summed E-state index contributed by atoms with van der Waals surface area (Å²) in [7, 11) is 0. The highest BCUT2D eigenvalue weighted by atomic mass is 19.4. The maximum Gasteiger partial charge on any atom is 0.411 e. The van der Waals surface area contributed by atoms with Crippen LogP contribution in [0.4, 0.5) is 13.2 Å². The quantitative estimate of drug-likeness (QED) is 0.644. The van der Waals surface area contributed by atoms with Gasteiger partial charge in [-0.15, -0.1) is 0 Å². The van der Waals surface area contributed by atoms with Gasteiger partial charge in [-0.2, -0.15) is 13.2 Å². The summed E-state index contributed by atoms with van der Waals surface area (Å²) in [4.78, 5) is 15.6. The Morgan fingerprint density at radius 2 is 1.93 bits per heavy atom. The van der Waals surface area contributed by atoms with E-state index in [-0.39, 0.29) is 12.5 Å². The normalized spacial score (nSPS) is 19.4. The Balaban J connectivity index is 1.83. The molecule has 0 saturated carbocycles. The molecule has 1 aromatic carbocycles. The van der Waals surface area contributed by atoms with Gasteiger partial charge in [-0.1, -0.05) is 31.2 Å². The molecule has 1 aromatic rings. The fraction of sp³-hybridized carbons (Fsp3) is 0.444. The monoisotopic (exact) mass is 384 g/mol. The summed E-state index contributed by atoms with van der Waals surface area (Å²) in [6.07, 6.45) is -0.732. The van der Waals surface area contributed by atoms with Crippen LogP contribution in [0.2, 0.25) is 0 Å². The number of carbonyl (C=O) groups excluding carboxylic acids is 1. The minimum Gasteiger partial charge on any atom is -0.367 e. The number of rotatable bonds is 8.